The molecule has 6 rings (SSSR count). The number of fused-ring (bicyclic) bond motifs is 1. The summed E-state index contributed by atoms with van der Waals surface area (Å²) in [4.78, 5) is 60.3. The summed E-state index contributed by atoms with van der Waals surface area (Å²) in [5.41, 5.74) is -2.08. The number of ether oxygens (including phenoxy) is 2. The van der Waals surface area contributed by atoms with Gasteiger partial charge in [0.1, 0.15) is 28.5 Å². The maximum atomic E-state index is 14.3. The summed E-state index contributed by atoms with van der Waals surface area (Å²) in [7, 11) is 1.56. The van der Waals surface area contributed by atoms with Crippen LogP contribution >= 0.6 is 11.3 Å². The molecule has 1 aliphatic carbocycles. The Morgan fingerprint density at radius 1 is 1.16 bits per heavy atom. The summed E-state index contributed by atoms with van der Waals surface area (Å²) in [6.45, 7) is 5.54. The highest BCUT2D eigenvalue weighted by molar-refractivity contribution is 7.22. The summed E-state index contributed by atoms with van der Waals surface area (Å²) in [6.07, 6.45) is 5.18. The SMILES string of the molecule is COc1ccccc1C(Cn1c(=O)n(C(C)(C)C(=O)O)c(=O)c2c(C)c(-c3ncco3)sc21)OC1CCN(C(=O)C2CC2)CC1. The first kappa shape index (κ1) is 30.8. The van der Waals surface area contributed by atoms with Crippen LogP contribution in [-0.4, -0.2) is 62.3 Å². The lowest BCUT2D eigenvalue weighted by atomic mass is 10.0. The van der Waals surface area contributed by atoms with Gasteiger partial charge in [-0.3, -0.25) is 14.2 Å². The third kappa shape index (κ3) is 5.59. The number of piperidine rings is 1. The first-order chi connectivity index (χ1) is 21.5. The van der Waals surface area contributed by atoms with Gasteiger partial charge in [-0.25, -0.2) is 19.1 Å². The van der Waals surface area contributed by atoms with E-state index in [4.69, 9.17) is 13.9 Å². The van der Waals surface area contributed by atoms with Gasteiger partial charge in [0.2, 0.25) is 11.8 Å². The maximum absolute atomic E-state index is 14.3. The fraction of sp³-hybridized carbons (Fsp3) is 0.469. The second kappa shape index (κ2) is 11.9. The number of aromatic nitrogens is 3. The number of benzene rings is 1. The van der Waals surface area contributed by atoms with Crippen LogP contribution in [0.4, 0.5) is 0 Å². The van der Waals surface area contributed by atoms with Gasteiger partial charge < -0.3 is 23.9 Å². The molecule has 0 spiro atoms. The van der Waals surface area contributed by atoms with Crippen molar-refractivity contribution in [2.75, 3.05) is 20.2 Å². The summed E-state index contributed by atoms with van der Waals surface area (Å²) < 4.78 is 20.2. The van der Waals surface area contributed by atoms with E-state index in [1.807, 2.05) is 29.2 Å². The third-order valence-electron chi connectivity index (χ3n) is 8.79. The Hall–Kier alpha value is -4.23. The minimum atomic E-state index is -1.84. The highest BCUT2D eigenvalue weighted by atomic mass is 32.1. The van der Waals surface area contributed by atoms with Crippen LogP contribution in [0.3, 0.4) is 0 Å². The van der Waals surface area contributed by atoms with Crippen molar-refractivity contribution < 1.29 is 28.6 Å². The van der Waals surface area contributed by atoms with Crippen LogP contribution < -0.4 is 16.0 Å². The third-order valence-corrected chi connectivity index (χ3v) is 10.1. The molecular weight excluding hydrogens is 600 g/mol. The van der Waals surface area contributed by atoms with Gasteiger partial charge in [-0.15, -0.1) is 11.3 Å². The zero-order chi connectivity index (χ0) is 32.0. The number of carbonyl (C=O) groups excluding carboxylic acids is 1. The van der Waals surface area contributed by atoms with Crippen LogP contribution in [-0.2, 0) is 26.4 Å². The van der Waals surface area contributed by atoms with E-state index in [2.05, 4.69) is 4.98 Å². The van der Waals surface area contributed by atoms with Gasteiger partial charge >= 0.3 is 11.7 Å². The van der Waals surface area contributed by atoms with Gasteiger partial charge in [0.05, 0.1) is 36.2 Å². The standard InChI is InChI=1S/C32H36N4O8S/c1-18-24-28(38)36(32(2,3)30(39)40)31(41)35(29(24)45-25(18)26-33-13-16-43-26)17-23(21-7-5-6-8-22(21)42-4)44-20-11-14-34(15-12-20)27(37)19-9-10-19/h5-8,13,16,19-20,23H,9-12,14-15,17H2,1-4H3,(H,39,40). The van der Waals surface area contributed by atoms with Gasteiger partial charge in [-0.1, -0.05) is 18.2 Å². The van der Waals surface area contributed by atoms with Crippen LogP contribution in [0.15, 0.2) is 50.7 Å². The number of aliphatic carboxylic acids is 1. The molecule has 1 aromatic carbocycles. The number of hydrogen-bond donors (Lipinski definition) is 1. The molecular formula is C32H36N4O8S. The van der Waals surface area contributed by atoms with Crippen molar-refractivity contribution >= 4 is 33.4 Å². The van der Waals surface area contributed by atoms with Crippen molar-refractivity contribution in [2.24, 2.45) is 5.92 Å². The molecule has 2 fully saturated rings. The number of methoxy groups -OCH3 is 1. The lowest BCUT2D eigenvalue weighted by Gasteiger charge is -2.34. The number of oxazole rings is 1. The Kier molecular flexibility index (Phi) is 8.16. The van der Waals surface area contributed by atoms with E-state index in [0.717, 1.165) is 17.4 Å². The topological polar surface area (TPSA) is 146 Å². The number of carbonyl (C=O) groups is 2. The molecule has 1 atom stereocenters. The largest absolute Gasteiger partial charge is 0.496 e. The number of para-hydroxylation sites is 1. The van der Waals surface area contributed by atoms with Crippen molar-refractivity contribution in [3.05, 3.63) is 68.7 Å². The van der Waals surface area contributed by atoms with Crippen molar-refractivity contribution in [1.29, 1.82) is 0 Å². The molecule has 0 radical (unpaired) electrons. The van der Waals surface area contributed by atoms with Crippen molar-refractivity contribution in [3.63, 3.8) is 0 Å². The number of carboxylic acids is 1. The van der Waals surface area contributed by atoms with Gasteiger partial charge in [0.15, 0.2) is 0 Å². The molecule has 4 heterocycles. The number of hydrogen-bond acceptors (Lipinski definition) is 9. The minimum absolute atomic E-state index is 0.0299. The van der Waals surface area contributed by atoms with Crippen LogP contribution in [0.25, 0.3) is 21.0 Å². The molecule has 0 bridgehead atoms. The van der Waals surface area contributed by atoms with E-state index in [-0.39, 0.29) is 29.9 Å². The predicted octanol–water partition coefficient (Wildman–Crippen LogP) is 4.18. The quantitative estimate of drug-likeness (QED) is 0.271. The normalized spacial score (nSPS) is 16.7. The second-order valence-electron chi connectivity index (χ2n) is 12.1. The van der Waals surface area contributed by atoms with Crippen LogP contribution in [0.1, 0.15) is 56.8 Å². The van der Waals surface area contributed by atoms with Crippen molar-refractivity contribution in [1.82, 2.24) is 19.0 Å². The Labute approximate surface area is 262 Å². The number of rotatable bonds is 10. The smallest absolute Gasteiger partial charge is 0.333 e. The number of thiophene rings is 1. The summed E-state index contributed by atoms with van der Waals surface area (Å²) in [5, 5.41) is 10.3. The Morgan fingerprint density at radius 3 is 2.49 bits per heavy atom. The molecule has 2 aliphatic rings. The Morgan fingerprint density at radius 2 is 1.87 bits per heavy atom. The van der Waals surface area contributed by atoms with Gasteiger partial charge in [0, 0.05) is 24.6 Å². The average Bonchev–Trinajstić information content (AvgIpc) is 3.62. The molecule has 238 valence electrons. The molecule has 3 aromatic heterocycles. The number of likely N-dealkylation sites (tertiary alicyclic amines) is 1. The molecule has 12 nitrogen and oxygen atoms in total. The average molecular weight is 637 g/mol. The number of nitrogens with zero attached hydrogens (tertiary/aromatic N) is 4. The lowest BCUT2D eigenvalue weighted by molar-refractivity contribution is -0.146. The van der Waals surface area contributed by atoms with Gasteiger partial charge in [-0.2, -0.15) is 0 Å². The van der Waals surface area contributed by atoms with E-state index in [1.54, 1.807) is 14.0 Å². The van der Waals surface area contributed by atoms with Gasteiger partial charge in [0.25, 0.3) is 5.56 Å². The highest BCUT2D eigenvalue weighted by Gasteiger charge is 2.38. The lowest BCUT2D eigenvalue weighted by Crippen LogP contribution is -2.52. The Balaban J connectivity index is 1.46. The van der Waals surface area contributed by atoms with Crippen molar-refractivity contribution in [2.45, 2.75) is 70.7 Å². The van der Waals surface area contributed by atoms with Crippen LogP contribution in [0.2, 0.25) is 0 Å². The van der Waals surface area contributed by atoms with E-state index >= 15 is 0 Å². The predicted molar refractivity (Wildman–Crippen MR) is 167 cm³/mol. The van der Waals surface area contributed by atoms with Crippen LogP contribution in [0.5, 0.6) is 5.75 Å². The van der Waals surface area contributed by atoms with Gasteiger partial charge in [-0.05, 0) is 58.1 Å². The zero-order valence-corrected chi connectivity index (χ0v) is 26.5. The molecule has 4 aromatic rings. The summed E-state index contributed by atoms with van der Waals surface area (Å²) >= 11 is 1.18. The number of aryl methyl sites for hydroxylation is 1. The first-order valence-electron chi connectivity index (χ1n) is 15.0. The minimum Gasteiger partial charge on any atom is -0.496 e. The van der Waals surface area contributed by atoms with Crippen LogP contribution in [0, 0.1) is 12.8 Å². The molecule has 1 N–H and O–H groups in total. The molecule has 1 saturated heterocycles. The van der Waals surface area contributed by atoms with E-state index in [9.17, 15) is 24.3 Å². The molecule has 1 amide bonds. The molecule has 13 heteroatoms. The second-order valence-corrected chi connectivity index (χ2v) is 13.1. The summed E-state index contributed by atoms with van der Waals surface area (Å²) in [5.74, 6) is -0.101. The van der Waals surface area contributed by atoms with E-state index < -0.39 is 28.9 Å². The zero-order valence-electron chi connectivity index (χ0n) is 25.6. The maximum Gasteiger partial charge on any atom is 0.333 e. The Bertz CT molecular complexity index is 1860. The monoisotopic (exact) mass is 636 g/mol. The number of amides is 1. The van der Waals surface area contributed by atoms with E-state index in [1.165, 1.54) is 42.2 Å². The van der Waals surface area contributed by atoms with Crippen molar-refractivity contribution in [3.8, 4) is 16.5 Å². The fourth-order valence-electron chi connectivity index (χ4n) is 5.98. The molecule has 1 aliphatic heterocycles. The molecule has 1 unspecified atom stereocenters. The highest BCUT2D eigenvalue weighted by Crippen LogP contribution is 2.38. The summed E-state index contributed by atoms with van der Waals surface area (Å²) in [6, 6.07) is 7.37. The number of carboxylic acid groups (broad SMARTS) is 1. The fourth-order valence-corrected chi connectivity index (χ4v) is 7.22. The first-order valence-corrected chi connectivity index (χ1v) is 15.8. The molecule has 45 heavy (non-hydrogen) atoms. The van der Waals surface area contributed by atoms with E-state index in [0.29, 0.717) is 58.4 Å². The molecule has 1 saturated carbocycles.